The molecular formula is C22H24N4O. The third kappa shape index (κ3) is 3.72. The van der Waals surface area contributed by atoms with Crippen molar-refractivity contribution in [3.8, 4) is 11.3 Å². The minimum absolute atomic E-state index is 0.104. The molecule has 1 aliphatic rings. The minimum atomic E-state index is -0.104. The summed E-state index contributed by atoms with van der Waals surface area (Å²) in [5.41, 5.74) is 3.22. The van der Waals surface area contributed by atoms with Crippen molar-refractivity contribution < 1.29 is 4.79 Å². The minimum Gasteiger partial charge on any atom is -0.352 e. The first-order chi connectivity index (χ1) is 13.2. The monoisotopic (exact) mass is 360 g/mol. The van der Waals surface area contributed by atoms with Crippen molar-refractivity contribution in [2.45, 2.75) is 12.8 Å². The van der Waals surface area contributed by atoms with Gasteiger partial charge in [0, 0.05) is 32.2 Å². The predicted octanol–water partition coefficient (Wildman–Crippen LogP) is 3.53. The summed E-state index contributed by atoms with van der Waals surface area (Å²) < 4.78 is 0. The average molecular weight is 360 g/mol. The number of aromatic amines is 1. The number of piperazine rings is 1. The molecule has 5 nitrogen and oxygen atoms in total. The van der Waals surface area contributed by atoms with Crippen LogP contribution < -0.4 is 4.90 Å². The Labute approximate surface area is 159 Å². The lowest BCUT2D eigenvalue weighted by atomic mass is 9.99. The third-order valence-corrected chi connectivity index (χ3v) is 5.23. The summed E-state index contributed by atoms with van der Waals surface area (Å²) in [4.78, 5) is 17.0. The van der Waals surface area contributed by atoms with Gasteiger partial charge in [0.2, 0.25) is 5.91 Å². The summed E-state index contributed by atoms with van der Waals surface area (Å²) in [5, 5.41) is 7.59. The quantitative estimate of drug-likeness (QED) is 0.774. The molecule has 27 heavy (non-hydrogen) atoms. The van der Waals surface area contributed by atoms with E-state index < -0.39 is 0 Å². The fourth-order valence-electron chi connectivity index (χ4n) is 3.55. The number of nitrogens with one attached hydrogen (secondary N) is 1. The van der Waals surface area contributed by atoms with Gasteiger partial charge in [-0.25, -0.2) is 0 Å². The Kier molecular flexibility index (Phi) is 4.92. The Morgan fingerprint density at radius 3 is 2.26 bits per heavy atom. The van der Waals surface area contributed by atoms with Crippen molar-refractivity contribution in [1.82, 2.24) is 15.1 Å². The van der Waals surface area contributed by atoms with Crippen LogP contribution in [0.15, 0.2) is 66.7 Å². The molecule has 0 bridgehead atoms. The Hall–Kier alpha value is -3.08. The zero-order chi connectivity index (χ0) is 18.6. The van der Waals surface area contributed by atoms with Gasteiger partial charge >= 0.3 is 0 Å². The molecule has 138 valence electrons. The number of carbonyl (C=O) groups is 1. The molecule has 2 aromatic carbocycles. The van der Waals surface area contributed by atoms with Gasteiger partial charge in [-0.05, 0) is 18.1 Å². The fraction of sp³-hybridized carbons (Fsp3) is 0.273. The molecule has 4 rings (SSSR count). The number of hydrogen-bond donors (Lipinski definition) is 1. The Bertz CT molecular complexity index is 883. The van der Waals surface area contributed by atoms with Gasteiger partial charge < -0.3 is 9.80 Å². The summed E-state index contributed by atoms with van der Waals surface area (Å²) >= 11 is 0. The molecule has 1 amide bonds. The lowest BCUT2D eigenvalue weighted by Crippen LogP contribution is -2.50. The van der Waals surface area contributed by atoms with Gasteiger partial charge in [0.25, 0.3) is 0 Å². The topological polar surface area (TPSA) is 52.2 Å². The molecule has 3 aromatic rings. The maximum Gasteiger partial charge on any atom is 0.229 e. The second kappa shape index (κ2) is 7.66. The van der Waals surface area contributed by atoms with E-state index in [4.69, 9.17) is 0 Å². The second-order valence-corrected chi connectivity index (χ2v) is 6.95. The molecule has 0 spiro atoms. The van der Waals surface area contributed by atoms with Gasteiger partial charge in [-0.3, -0.25) is 9.89 Å². The van der Waals surface area contributed by atoms with E-state index in [0.717, 1.165) is 48.8 Å². The SMILES string of the molecule is C[C@H](C(=O)N1CCN(c2cc(-c3ccccc3)[nH]n2)CC1)c1ccccc1. The smallest absolute Gasteiger partial charge is 0.229 e. The first kappa shape index (κ1) is 17.3. The van der Waals surface area contributed by atoms with E-state index in [0.29, 0.717) is 0 Å². The van der Waals surface area contributed by atoms with Crippen molar-refractivity contribution in [2.24, 2.45) is 0 Å². The molecule has 1 aliphatic heterocycles. The average Bonchev–Trinajstić information content (AvgIpc) is 3.24. The summed E-state index contributed by atoms with van der Waals surface area (Å²) in [5.74, 6) is 1.04. The van der Waals surface area contributed by atoms with Crippen LogP contribution in [0, 0.1) is 0 Å². The summed E-state index contributed by atoms with van der Waals surface area (Å²) in [6.07, 6.45) is 0. The molecule has 0 unspecified atom stereocenters. The van der Waals surface area contributed by atoms with E-state index in [1.54, 1.807) is 0 Å². The highest BCUT2D eigenvalue weighted by molar-refractivity contribution is 5.83. The lowest BCUT2D eigenvalue weighted by molar-refractivity contribution is -0.132. The number of benzene rings is 2. The molecule has 0 aliphatic carbocycles. The standard InChI is InChI=1S/C22H24N4O/c1-17(18-8-4-2-5-9-18)22(27)26-14-12-25(13-15-26)21-16-20(23-24-21)19-10-6-3-7-11-19/h2-11,16-17H,12-15H2,1H3,(H,23,24)/t17-/m0/s1. The Morgan fingerprint density at radius 1 is 0.963 bits per heavy atom. The summed E-state index contributed by atoms with van der Waals surface area (Å²) in [6, 6.07) is 22.3. The zero-order valence-corrected chi connectivity index (χ0v) is 15.5. The van der Waals surface area contributed by atoms with E-state index >= 15 is 0 Å². The first-order valence-corrected chi connectivity index (χ1v) is 9.42. The fourth-order valence-corrected chi connectivity index (χ4v) is 3.55. The van der Waals surface area contributed by atoms with Crippen LogP contribution in [0.3, 0.4) is 0 Å². The number of aromatic nitrogens is 2. The highest BCUT2D eigenvalue weighted by Gasteiger charge is 2.26. The van der Waals surface area contributed by atoms with Crippen molar-refractivity contribution in [3.05, 3.63) is 72.3 Å². The molecular weight excluding hydrogens is 336 g/mol. The van der Waals surface area contributed by atoms with Crippen molar-refractivity contribution in [2.75, 3.05) is 31.1 Å². The van der Waals surface area contributed by atoms with E-state index in [-0.39, 0.29) is 11.8 Å². The van der Waals surface area contributed by atoms with Crippen molar-refractivity contribution in [1.29, 1.82) is 0 Å². The number of amides is 1. The van der Waals surface area contributed by atoms with E-state index in [1.807, 2.05) is 60.4 Å². The van der Waals surface area contributed by atoms with Crippen LogP contribution in [0.25, 0.3) is 11.3 Å². The van der Waals surface area contributed by atoms with Crippen LogP contribution in [-0.4, -0.2) is 47.2 Å². The molecule has 1 aromatic heterocycles. The molecule has 1 saturated heterocycles. The second-order valence-electron chi connectivity index (χ2n) is 6.95. The van der Waals surface area contributed by atoms with Gasteiger partial charge in [-0.15, -0.1) is 0 Å². The van der Waals surface area contributed by atoms with Crippen LogP contribution in [0.1, 0.15) is 18.4 Å². The molecule has 2 heterocycles. The van der Waals surface area contributed by atoms with E-state index in [9.17, 15) is 4.79 Å². The van der Waals surface area contributed by atoms with E-state index in [1.165, 1.54) is 0 Å². The highest BCUT2D eigenvalue weighted by atomic mass is 16.2. The van der Waals surface area contributed by atoms with E-state index in [2.05, 4.69) is 33.3 Å². The van der Waals surface area contributed by atoms with Gasteiger partial charge in [0.05, 0.1) is 11.6 Å². The molecule has 5 heteroatoms. The molecule has 1 N–H and O–H groups in total. The van der Waals surface area contributed by atoms with Crippen LogP contribution in [0.5, 0.6) is 0 Å². The Morgan fingerprint density at radius 2 is 1.59 bits per heavy atom. The highest BCUT2D eigenvalue weighted by Crippen LogP contribution is 2.23. The molecule has 0 saturated carbocycles. The van der Waals surface area contributed by atoms with Gasteiger partial charge in [0.1, 0.15) is 0 Å². The zero-order valence-electron chi connectivity index (χ0n) is 15.5. The normalized spacial score (nSPS) is 15.6. The van der Waals surface area contributed by atoms with Gasteiger partial charge in [0.15, 0.2) is 5.82 Å². The van der Waals surface area contributed by atoms with Crippen LogP contribution in [-0.2, 0) is 4.79 Å². The number of carbonyl (C=O) groups excluding carboxylic acids is 1. The van der Waals surface area contributed by atoms with Gasteiger partial charge in [-0.2, -0.15) is 5.10 Å². The summed E-state index contributed by atoms with van der Waals surface area (Å²) in [7, 11) is 0. The number of anilines is 1. The third-order valence-electron chi connectivity index (χ3n) is 5.23. The predicted molar refractivity (Wildman–Crippen MR) is 108 cm³/mol. The Balaban J connectivity index is 1.38. The van der Waals surface area contributed by atoms with Crippen LogP contribution >= 0.6 is 0 Å². The number of H-pyrrole nitrogens is 1. The van der Waals surface area contributed by atoms with Crippen molar-refractivity contribution in [3.63, 3.8) is 0 Å². The van der Waals surface area contributed by atoms with Crippen LogP contribution in [0.2, 0.25) is 0 Å². The van der Waals surface area contributed by atoms with Crippen LogP contribution in [0.4, 0.5) is 5.82 Å². The maximum absolute atomic E-state index is 12.8. The number of nitrogens with zero attached hydrogens (tertiary/aromatic N) is 3. The number of rotatable bonds is 4. The lowest BCUT2D eigenvalue weighted by Gasteiger charge is -2.36. The number of hydrogen-bond acceptors (Lipinski definition) is 3. The van der Waals surface area contributed by atoms with Gasteiger partial charge in [-0.1, -0.05) is 60.7 Å². The molecule has 0 radical (unpaired) electrons. The molecule has 1 atom stereocenters. The maximum atomic E-state index is 12.8. The summed E-state index contributed by atoms with van der Waals surface area (Å²) in [6.45, 7) is 5.04. The van der Waals surface area contributed by atoms with Crippen molar-refractivity contribution >= 4 is 11.7 Å². The first-order valence-electron chi connectivity index (χ1n) is 9.42. The largest absolute Gasteiger partial charge is 0.352 e. The molecule has 1 fully saturated rings.